The van der Waals surface area contributed by atoms with Gasteiger partial charge in [-0.3, -0.25) is 0 Å². The molecule has 0 aliphatic carbocycles. The zero-order valence-corrected chi connectivity index (χ0v) is 6.67. The van der Waals surface area contributed by atoms with Crippen LogP contribution in [0.15, 0.2) is 18.2 Å². The number of benzene rings is 1. The zero-order valence-electron chi connectivity index (χ0n) is 6.67. The molecule has 0 spiro atoms. The molecule has 3 nitrogen and oxygen atoms in total. The van der Waals surface area contributed by atoms with E-state index >= 15 is 0 Å². The van der Waals surface area contributed by atoms with Crippen LogP contribution in [-0.2, 0) is 0 Å². The van der Waals surface area contributed by atoms with E-state index in [9.17, 15) is 13.2 Å². The van der Waals surface area contributed by atoms with Crippen molar-refractivity contribution in [2.24, 2.45) is 0 Å². The van der Waals surface area contributed by atoms with Gasteiger partial charge in [-0.05, 0) is 12.1 Å². The molecule has 14 heavy (non-hydrogen) atoms. The van der Waals surface area contributed by atoms with Gasteiger partial charge in [-0.2, -0.15) is 0 Å². The summed E-state index contributed by atoms with van der Waals surface area (Å²) in [7, 11) is 0. The van der Waals surface area contributed by atoms with Crippen molar-refractivity contribution in [2.45, 2.75) is 6.36 Å². The lowest BCUT2D eigenvalue weighted by atomic mass is 10.3. The summed E-state index contributed by atoms with van der Waals surface area (Å²) in [5.41, 5.74) is 0. The standard InChI is InChI=1S/C8H4F3O3/c9-8(10,11)14-6-3-1-2-5-7(6)13-4-12-5/h1-4H. The van der Waals surface area contributed by atoms with Gasteiger partial charge in [0.1, 0.15) is 0 Å². The monoisotopic (exact) mass is 205 g/mol. The van der Waals surface area contributed by atoms with Crippen LogP contribution in [0.25, 0.3) is 0 Å². The maximum atomic E-state index is 11.9. The van der Waals surface area contributed by atoms with Gasteiger partial charge in [0.2, 0.25) is 5.75 Å². The number of hydrogen-bond acceptors (Lipinski definition) is 3. The predicted molar refractivity (Wildman–Crippen MR) is 38.7 cm³/mol. The van der Waals surface area contributed by atoms with Gasteiger partial charge in [-0.15, -0.1) is 13.2 Å². The quantitative estimate of drug-likeness (QED) is 0.704. The summed E-state index contributed by atoms with van der Waals surface area (Å²) in [6, 6.07) is 4.00. The molecule has 2 rings (SSSR count). The second kappa shape index (κ2) is 2.97. The molecule has 1 heterocycles. The van der Waals surface area contributed by atoms with Crippen molar-refractivity contribution >= 4 is 0 Å². The molecule has 1 aliphatic heterocycles. The summed E-state index contributed by atoms with van der Waals surface area (Å²) in [4.78, 5) is 0. The maximum absolute atomic E-state index is 11.9. The lowest BCUT2D eigenvalue weighted by molar-refractivity contribution is -0.275. The number of ether oxygens (including phenoxy) is 3. The summed E-state index contributed by atoms with van der Waals surface area (Å²) < 4.78 is 48.8. The second-order valence-corrected chi connectivity index (χ2v) is 2.46. The number of halogens is 3. The molecular weight excluding hydrogens is 201 g/mol. The third kappa shape index (κ3) is 1.68. The molecule has 1 aromatic rings. The smallest absolute Gasteiger partial charge is 0.444 e. The lowest BCUT2D eigenvalue weighted by Gasteiger charge is -2.09. The molecular formula is C8H4F3O3. The van der Waals surface area contributed by atoms with E-state index in [1.165, 1.54) is 12.1 Å². The van der Waals surface area contributed by atoms with E-state index in [0.29, 0.717) is 0 Å². The molecule has 0 amide bonds. The Kier molecular flexibility index (Phi) is 1.90. The first-order valence-corrected chi connectivity index (χ1v) is 3.60. The van der Waals surface area contributed by atoms with Gasteiger partial charge in [-0.25, -0.2) is 0 Å². The molecule has 0 fully saturated rings. The third-order valence-corrected chi connectivity index (χ3v) is 1.51. The summed E-state index contributed by atoms with van der Waals surface area (Å²) >= 11 is 0. The van der Waals surface area contributed by atoms with Gasteiger partial charge >= 0.3 is 13.2 Å². The lowest BCUT2D eigenvalue weighted by Crippen LogP contribution is -2.17. The Balaban J connectivity index is 2.31. The first kappa shape index (κ1) is 8.98. The molecule has 1 aromatic carbocycles. The van der Waals surface area contributed by atoms with Crippen LogP contribution in [0.5, 0.6) is 17.2 Å². The van der Waals surface area contributed by atoms with Crippen molar-refractivity contribution in [2.75, 3.05) is 0 Å². The molecule has 1 radical (unpaired) electrons. The van der Waals surface area contributed by atoms with Gasteiger partial charge in [0.05, 0.1) is 0 Å². The normalized spacial score (nSPS) is 14.2. The number of para-hydroxylation sites is 1. The highest BCUT2D eigenvalue weighted by atomic mass is 19.4. The SMILES string of the molecule is FC(F)(F)Oc1cccc2c1O[CH]O2. The number of hydrogen-bond donors (Lipinski definition) is 0. The van der Waals surface area contributed by atoms with Crippen LogP contribution in [-0.4, -0.2) is 6.36 Å². The molecule has 0 aromatic heterocycles. The highest BCUT2D eigenvalue weighted by molar-refractivity contribution is 5.53. The molecule has 6 heteroatoms. The van der Waals surface area contributed by atoms with E-state index in [4.69, 9.17) is 9.47 Å². The van der Waals surface area contributed by atoms with Crippen LogP contribution in [0.4, 0.5) is 13.2 Å². The highest BCUT2D eigenvalue weighted by Crippen LogP contribution is 2.43. The molecule has 0 atom stereocenters. The fraction of sp³-hybridized carbons (Fsp3) is 0.125. The van der Waals surface area contributed by atoms with Crippen LogP contribution in [0, 0.1) is 6.79 Å². The Morgan fingerprint density at radius 2 is 1.93 bits per heavy atom. The Labute approximate surface area is 77.0 Å². The van der Waals surface area contributed by atoms with Crippen molar-refractivity contribution < 1.29 is 27.4 Å². The maximum Gasteiger partial charge on any atom is 0.573 e. The number of rotatable bonds is 1. The predicted octanol–water partition coefficient (Wildman–Crippen LogP) is 2.48. The molecule has 0 bridgehead atoms. The van der Waals surface area contributed by atoms with Gasteiger partial charge in [0, 0.05) is 0 Å². The fourth-order valence-electron chi connectivity index (χ4n) is 1.03. The van der Waals surface area contributed by atoms with Crippen LogP contribution in [0.1, 0.15) is 0 Å². The van der Waals surface area contributed by atoms with Crippen LogP contribution in [0.3, 0.4) is 0 Å². The van der Waals surface area contributed by atoms with E-state index in [1.807, 2.05) is 0 Å². The van der Waals surface area contributed by atoms with Crippen molar-refractivity contribution in [1.29, 1.82) is 0 Å². The summed E-state index contributed by atoms with van der Waals surface area (Å²) in [6.07, 6.45) is -4.74. The largest absolute Gasteiger partial charge is 0.573 e. The minimum Gasteiger partial charge on any atom is -0.444 e. The molecule has 1 aliphatic rings. The van der Waals surface area contributed by atoms with Gasteiger partial charge in [0.25, 0.3) is 0 Å². The molecule has 0 saturated carbocycles. The zero-order chi connectivity index (χ0) is 10.2. The Morgan fingerprint density at radius 1 is 1.14 bits per heavy atom. The fourth-order valence-corrected chi connectivity index (χ4v) is 1.03. The summed E-state index contributed by atoms with van der Waals surface area (Å²) in [6.45, 7) is 0.938. The Morgan fingerprint density at radius 3 is 2.64 bits per heavy atom. The highest BCUT2D eigenvalue weighted by Gasteiger charge is 2.34. The molecule has 0 unspecified atom stereocenters. The minimum atomic E-state index is -4.74. The van der Waals surface area contributed by atoms with Crippen LogP contribution in [0.2, 0.25) is 0 Å². The van der Waals surface area contributed by atoms with Gasteiger partial charge in [0.15, 0.2) is 11.5 Å². The first-order valence-electron chi connectivity index (χ1n) is 3.60. The van der Waals surface area contributed by atoms with E-state index in [1.54, 1.807) is 0 Å². The van der Waals surface area contributed by atoms with Crippen molar-refractivity contribution in [1.82, 2.24) is 0 Å². The molecule has 75 valence electrons. The van der Waals surface area contributed by atoms with Crippen LogP contribution >= 0.6 is 0 Å². The Hall–Kier alpha value is -1.59. The Bertz CT molecular complexity index is 348. The van der Waals surface area contributed by atoms with E-state index < -0.39 is 12.1 Å². The van der Waals surface area contributed by atoms with Crippen LogP contribution < -0.4 is 14.2 Å². The summed E-state index contributed by atoms with van der Waals surface area (Å²) in [5, 5.41) is 0. The van der Waals surface area contributed by atoms with Gasteiger partial charge in [-0.1, -0.05) is 6.07 Å². The first-order chi connectivity index (χ1) is 6.56. The summed E-state index contributed by atoms with van der Waals surface area (Å²) in [5.74, 6) is -0.277. The molecule has 0 N–H and O–H groups in total. The van der Waals surface area contributed by atoms with Gasteiger partial charge < -0.3 is 14.2 Å². The average Bonchev–Trinajstić information content (AvgIpc) is 2.49. The molecule has 0 saturated heterocycles. The third-order valence-electron chi connectivity index (χ3n) is 1.51. The second-order valence-electron chi connectivity index (χ2n) is 2.46. The topological polar surface area (TPSA) is 27.7 Å². The number of fused-ring (bicyclic) bond motifs is 1. The van der Waals surface area contributed by atoms with Crippen molar-refractivity contribution in [3.05, 3.63) is 25.0 Å². The van der Waals surface area contributed by atoms with E-state index in [2.05, 4.69) is 4.74 Å². The van der Waals surface area contributed by atoms with Crippen molar-refractivity contribution in [3.8, 4) is 17.2 Å². The van der Waals surface area contributed by atoms with E-state index in [0.717, 1.165) is 12.9 Å². The van der Waals surface area contributed by atoms with E-state index in [-0.39, 0.29) is 11.5 Å². The minimum absolute atomic E-state index is 0.0650. The number of alkyl halides is 3. The van der Waals surface area contributed by atoms with Crippen molar-refractivity contribution in [3.63, 3.8) is 0 Å². The average molecular weight is 205 g/mol.